The molecule has 0 aliphatic carbocycles. The summed E-state index contributed by atoms with van der Waals surface area (Å²) < 4.78 is 16.3. The molecule has 0 radical (unpaired) electrons. The van der Waals surface area contributed by atoms with Crippen LogP contribution in [0.4, 0.5) is 0 Å². The zero-order valence-electron chi connectivity index (χ0n) is 15.5. The first kappa shape index (κ1) is 18.4. The van der Waals surface area contributed by atoms with Crippen LogP contribution in [0.5, 0.6) is 5.75 Å². The largest absolute Gasteiger partial charge is 0.497 e. The summed E-state index contributed by atoms with van der Waals surface area (Å²) >= 11 is 1.40. The molecule has 1 atom stereocenters. The van der Waals surface area contributed by atoms with Gasteiger partial charge in [-0.05, 0) is 24.6 Å². The molecule has 2 heterocycles. The van der Waals surface area contributed by atoms with Crippen molar-refractivity contribution >= 4 is 11.8 Å². The van der Waals surface area contributed by atoms with Gasteiger partial charge in [0.05, 0.1) is 18.8 Å². The lowest BCUT2D eigenvalue weighted by Gasteiger charge is -2.11. The predicted octanol–water partition coefficient (Wildman–Crippen LogP) is 4.20. The van der Waals surface area contributed by atoms with E-state index in [-0.39, 0.29) is 10.7 Å². The molecule has 26 heavy (non-hydrogen) atoms. The second-order valence-electron chi connectivity index (χ2n) is 6.95. The molecule has 8 heteroatoms. The van der Waals surface area contributed by atoms with Crippen LogP contribution in [-0.4, -0.2) is 27.4 Å². The maximum Gasteiger partial charge on any atom is 0.277 e. The van der Waals surface area contributed by atoms with Gasteiger partial charge in [0.2, 0.25) is 11.8 Å². The van der Waals surface area contributed by atoms with E-state index in [2.05, 4.69) is 20.3 Å². The Morgan fingerprint density at radius 1 is 1.15 bits per heavy atom. The van der Waals surface area contributed by atoms with Crippen LogP contribution in [0.3, 0.4) is 0 Å². The van der Waals surface area contributed by atoms with Crippen LogP contribution in [0.25, 0.3) is 0 Å². The Morgan fingerprint density at radius 2 is 1.88 bits per heavy atom. The summed E-state index contributed by atoms with van der Waals surface area (Å²) in [7, 11) is 1.64. The van der Waals surface area contributed by atoms with Crippen molar-refractivity contribution in [2.45, 2.75) is 50.0 Å². The molecule has 0 aliphatic heterocycles. The normalized spacial score (nSPS) is 13.0. The molecule has 0 aliphatic rings. The van der Waals surface area contributed by atoms with E-state index in [0.717, 1.165) is 11.3 Å². The van der Waals surface area contributed by atoms with Gasteiger partial charge in [-0.2, -0.15) is 4.98 Å². The van der Waals surface area contributed by atoms with Crippen LogP contribution >= 0.6 is 11.8 Å². The Kier molecular flexibility index (Phi) is 5.31. The third kappa shape index (κ3) is 4.43. The number of rotatable bonds is 6. The van der Waals surface area contributed by atoms with Crippen molar-refractivity contribution < 1.29 is 13.7 Å². The number of aromatic nitrogens is 4. The highest BCUT2D eigenvalue weighted by atomic mass is 32.2. The topological polar surface area (TPSA) is 87.1 Å². The number of methoxy groups -OCH3 is 1. The SMILES string of the molecule is COc1ccc(Cc2nnc(S[C@@H](C)c3nc(C(C)(C)C)no3)o2)cc1. The second-order valence-corrected chi connectivity index (χ2v) is 8.24. The summed E-state index contributed by atoms with van der Waals surface area (Å²) in [6.07, 6.45) is 0.570. The zero-order valence-corrected chi connectivity index (χ0v) is 16.3. The summed E-state index contributed by atoms with van der Waals surface area (Å²) in [4.78, 5) is 4.47. The fraction of sp³-hybridized carbons (Fsp3) is 0.444. The molecule has 0 amide bonds. The maximum atomic E-state index is 5.73. The highest BCUT2D eigenvalue weighted by Crippen LogP contribution is 2.34. The number of nitrogens with zero attached hydrogens (tertiary/aromatic N) is 4. The highest BCUT2D eigenvalue weighted by molar-refractivity contribution is 7.99. The minimum atomic E-state index is -0.151. The summed E-state index contributed by atoms with van der Waals surface area (Å²) in [5.74, 6) is 2.62. The fourth-order valence-electron chi connectivity index (χ4n) is 2.18. The lowest BCUT2D eigenvalue weighted by atomic mass is 9.96. The van der Waals surface area contributed by atoms with Gasteiger partial charge in [0.15, 0.2) is 5.82 Å². The summed E-state index contributed by atoms with van der Waals surface area (Å²) in [6.45, 7) is 8.10. The lowest BCUT2D eigenvalue weighted by Crippen LogP contribution is -2.13. The van der Waals surface area contributed by atoms with Crippen LogP contribution in [-0.2, 0) is 11.8 Å². The quantitative estimate of drug-likeness (QED) is 0.593. The monoisotopic (exact) mass is 374 g/mol. The smallest absolute Gasteiger partial charge is 0.277 e. The van der Waals surface area contributed by atoms with Crippen molar-refractivity contribution in [1.29, 1.82) is 0 Å². The summed E-state index contributed by atoms with van der Waals surface area (Å²) in [5, 5.41) is 12.7. The Morgan fingerprint density at radius 3 is 2.50 bits per heavy atom. The molecule has 3 aromatic rings. The van der Waals surface area contributed by atoms with Crippen molar-refractivity contribution in [2.75, 3.05) is 7.11 Å². The first-order valence-corrected chi connectivity index (χ1v) is 9.19. The van der Waals surface area contributed by atoms with Crippen LogP contribution in [0.15, 0.2) is 38.4 Å². The van der Waals surface area contributed by atoms with Crippen molar-refractivity contribution in [3.63, 3.8) is 0 Å². The molecule has 0 N–H and O–H groups in total. The van der Waals surface area contributed by atoms with E-state index in [1.54, 1.807) is 7.11 Å². The molecule has 0 fully saturated rings. The first-order chi connectivity index (χ1) is 12.3. The molecule has 0 unspecified atom stereocenters. The molecule has 3 rings (SSSR count). The minimum absolute atomic E-state index is 0.0760. The van der Waals surface area contributed by atoms with E-state index < -0.39 is 0 Å². The van der Waals surface area contributed by atoms with Crippen molar-refractivity contribution in [3.05, 3.63) is 47.4 Å². The molecular weight excluding hydrogens is 352 g/mol. The van der Waals surface area contributed by atoms with Gasteiger partial charge in [0, 0.05) is 5.41 Å². The van der Waals surface area contributed by atoms with Gasteiger partial charge >= 0.3 is 0 Å². The van der Waals surface area contributed by atoms with Crippen LogP contribution in [0.2, 0.25) is 0 Å². The molecule has 0 saturated carbocycles. The van der Waals surface area contributed by atoms with Gasteiger partial charge in [-0.3, -0.25) is 0 Å². The summed E-state index contributed by atoms with van der Waals surface area (Å²) in [5.41, 5.74) is 0.924. The van der Waals surface area contributed by atoms with E-state index in [0.29, 0.717) is 29.2 Å². The van der Waals surface area contributed by atoms with Crippen LogP contribution in [0, 0.1) is 0 Å². The molecule has 0 spiro atoms. The second kappa shape index (κ2) is 7.49. The standard InChI is InChI=1S/C18H22N4O3S/c1-11(15-19-16(22-25-15)18(2,3)4)26-17-21-20-14(24-17)10-12-6-8-13(23-5)9-7-12/h6-9,11H,10H2,1-5H3/t11-/m0/s1. The third-order valence-corrected chi connectivity index (χ3v) is 4.62. The van der Waals surface area contributed by atoms with E-state index >= 15 is 0 Å². The molecular formula is C18H22N4O3S. The van der Waals surface area contributed by atoms with Crippen LogP contribution in [0.1, 0.15) is 56.1 Å². The van der Waals surface area contributed by atoms with Gasteiger partial charge in [-0.25, -0.2) is 0 Å². The lowest BCUT2D eigenvalue weighted by molar-refractivity contribution is 0.363. The molecule has 1 aromatic carbocycles. The van der Waals surface area contributed by atoms with E-state index in [1.165, 1.54) is 11.8 Å². The molecule has 138 valence electrons. The van der Waals surface area contributed by atoms with Crippen molar-refractivity contribution in [3.8, 4) is 5.75 Å². The van der Waals surface area contributed by atoms with Gasteiger partial charge in [0.25, 0.3) is 5.22 Å². The molecule has 7 nitrogen and oxygen atoms in total. The average molecular weight is 374 g/mol. The van der Waals surface area contributed by atoms with Crippen LogP contribution < -0.4 is 4.74 Å². The number of benzene rings is 1. The maximum absolute atomic E-state index is 5.73. The highest BCUT2D eigenvalue weighted by Gasteiger charge is 2.24. The van der Waals surface area contributed by atoms with E-state index in [1.807, 2.05) is 52.0 Å². The average Bonchev–Trinajstić information content (AvgIpc) is 3.25. The van der Waals surface area contributed by atoms with Crippen molar-refractivity contribution in [1.82, 2.24) is 20.3 Å². The van der Waals surface area contributed by atoms with Gasteiger partial charge < -0.3 is 13.7 Å². The Balaban J connectivity index is 1.63. The summed E-state index contributed by atoms with van der Waals surface area (Å²) in [6, 6.07) is 7.77. The molecule has 0 bridgehead atoms. The van der Waals surface area contributed by atoms with Gasteiger partial charge in [0.1, 0.15) is 5.75 Å². The number of hydrogen-bond donors (Lipinski definition) is 0. The Labute approximate surface area is 156 Å². The zero-order chi connectivity index (χ0) is 18.7. The Bertz CT molecular complexity index is 852. The predicted molar refractivity (Wildman–Crippen MR) is 97.4 cm³/mol. The first-order valence-electron chi connectivity index (χ1n) is 8.31. The van der Waals surface area contributed by atoms with E-state index in [9.17, 15) is 0 Å². The Hall–Kier alpha value is -2.35. The van der Waals surface area contributed by atoms with Crippen molar-refractivity contribution in [2.24, 2.45) is 0 Å². The number of hydrogen-bond acceptors (Lipinski definition) is 8. The van der Waals surface area contributed by atoms with Gasteiger partial charge in [-0.15, -0.1) is 10.2 Å². The van der Waals surface area contributed by atoms with E-state index in [4.69, 9.17) is 13.7 Å². The fourth-order valence-corrected chi connectivity index (χ4v) is 2.91. The molecule has 2 aromatic heterocycles. The number of ether oxygens (including phenoxy) is 1. The molecule has 0 saturated heterocycles. The third-order valence-electron chi connectivity index (χ3n) is 3.70. The minimum Gasteiger partial charge on any atom is -0.497 e. The number of thioether (sulfide) groups is 1. The van der Waals surface area contributed by atoms with Gasteiger partial charge in [-0.1, -0.05) is 49.8 Å².